The number of amides is 2. The Balaban J connectivity index is 1.66. The molecule has 1 unspecified atom stereocenters. The molecule has 1 fully saturated rings. The Hall–Kier alpha value is -1.95. The topological polar surface area (TPSA) is 70.2 Å². The van der Waals surface area contributed by atoms with Gasteiger partial charge in [-0.1, -0.05) is 6.07 Å². The summed E-state index contributed by atoms with van der Waals surface area (Å²) in [5.74, 6) is -0.759. The van der Waals surface area contributed by atoms with Gasteiger partial charge in [-0.2, -0.15) is 0 Å². The van der Waals surface area contributed by atoms with Crippen LogP contribution in [-0.2, 0) is 4.79 Å². The Morgan fingerprint density at radius 3 is 2.77 bits per heavy atom. The zero-order valence-corrected chi connectivity index (χ0v) is 12.7. The lowest BCUT2D eigenvalue weighted by atomic mass is 10.1. The quantitative estimate of drug-likeness (QED) is 0.690. The van der Waals surface area contributed by atoms with Gasteiger partial charge in [-0.25, -0.2) is 4.39 Å². The minimum absolute atomic E-state index is 0.0185. The number of carbonyl (C=O) groups excluding carboxylic acids is 2. The van der Waals surface area contributed by atoms with Gasteiger partial charge in [0.2, 0.25) is 5.91 Å². The van der Waals surface area contributed by atoms with Gasteiger partial charge in [0, 0.05) is 31.1 Å². The molecule has 0 radical (unpaired) electrons. The van der Waals surface area contributed by atoms with Gasteiger partial charge in [-0.15, -0.1) is 0 Å². The van der Waals surface area contributed by atoms with Gasteiger partial charge < -0.3 is 16.0 Å². The van der Waals surface area contributed by atoms with Crippen molar-refractivity contribution in [2.75, 3.05) is 19.6 Å². The first-order chi connectivity index (χ1) is 10.6. The van der Waals surface area contributed by atoms with Gasteiger partial charge in [-0.3, -0.25) is 9.59 Å². The van der Waals surface area contributed by atoms with Crippen molar-refractivity contribution in [3.8, 4) is 0 Å². The molecule has 120 valence electrons. The molecule has 1 aliphatic heterocycles. The van der Waals surface area contributed by atoms with E-state index < -0.39 is 5.82 Å². The maximum atomic E-state index is 13.4. The van der Waals surface area contributed by atoms with E-state index in [4.69, 9.17) is 0 Å². The van der Waals surface area contributed by atoms with Crippen LogP contribution >= 0.6 is 0 Å². The summed E-state index contributed by atoms with van der Waals surface area (Å²) in [6, 6.07) is 4.64. The molecule has 2 rings (SSSR count). The van der Waals surface area contributed by atoms with E-state index in [0.29, 0.717) is 25.1 Å². The zero-order chi connectivity index (χ0) is 15.9. The second kappa shape index (κ2) is 7.89. The summed E-state index contributed by atoms with van der Waals surface area (Å²) >= 11 is 0. The second-order valence-electron chi connectivity index (χ2n) is 5.57. The van der Waals surface area contributed by atoms with Crippen LogP contribution in [0.4, 0.5) is 4.39 Å². The molecule has 2 amide bonds. The lowest BCUT2D eigenvalue weighted by molar-refractivity contribution is -0.121. The third kappa shape index (κ3) is 4.80. The van der Waals surface area contributed by atoms with E-state index in [1.165, 1.54) is 6.07 Å². The Morgan fingerprint density at radius 1 is 1.32 bits per heavy atom. The van der Waals surface area contributed by atoms with Crippen LogP contribution in [0.5, 0.6) is 0 Å². The average molecular weight is 307 g/mol. The highest BCUT2D eigenvalue weighted by atomic mass is 19.1. The Labute approximate surface area is 129 Å². The van der Waals surface area contributed by atoms with Crippen LogP contribution in [0.15, 0.2) is 18.2 Å². The molecule has 1 saturated heterocycles. The lowest BCUT2D eigenvalue weighted by Crippen LogP contribution is -2.37. The highest BCUT2D eigenvalue weighted by Crippen LogP contribution is 2.09. The number of halogens is 1. The zero-order valence-electron chi connectivity index (χ0n) is 12.7. The third-order valence-corrected chi connectivity index (χ3v) is 3.76. The van der Waals surface area contributed by atoms with Gasteiger partial charge in [-0.05, 0) is 44.0 Å². The van der Waals surface area contributed by atoms with Gasteiger partial charge in [0.1, 0.15) is 5.82 Å². The Kier molecular flexibility index (Phi) is 5.89. The molecule has 0 spiro atoms. The molecule has 1 aromatic rings. The number of hydrogen-bond acceptors (Lipinski definition) is 3. The molecule has 0 aromatic heterocycles. The molecule has 5 nitrogen and oxygen atoms in total. The van der Waals surface area contributed by atoms with Gasteiger partial charge >= 0.3 is 0 Å². The van der Waals surface area contributed by atoms with E-state index in [1.807, 2.05) is 0 Å². The van der Waals surface area contributed by atoms with Crippen LogP contribution in [0.1, 0.15) is 35.2 Å². The minimum atomic E-state index is -0.398. The van der Waals surface area contributed by atoms with Crippen LogP contribution in [0, 0.1) is 12.7 Å². The maximum absolute atomic E-state index is 13.4. The molecular formula is C16H22FN3O2. The smallest absolute Gasteiger partial charge is 0.251 e. The van der Waals surface area contributed by atoms with Crippen molar-refractivity contribution in [1.29, 1.82) is 0 Å². The lowest BCUT2D eigenvalue weighted by Gasteiger charge is -2.11. The van der Waals surface area contributed by atoms with Gasteiger partial charge in [0.05, 0.1) is 0 Å². The van der Waals surface area contributed by atoms with E-state index >= 15 is 0 Å². The number of carbonyl (C=O) groups is 2. The molecular weight excluding hydrogens is 285 g/mol. The molecule has 1 heterocycles. The standard InChI is InChI=1S/C16H22FN3O2/c1-11-4-5-12(9-14(11)17)16(22)20-8-7-19-15(21)10-13-3-2-6-18-13/h4-5,9,13,18H,2-3,6-8,10H2,1H3,(H,19,21)(H,20,22). The molecule has 3 N–H and O–H groups in total. The largest absolute Gasteiger partial charge is 0.354 e. The fraction of sp³-hybridized carbons (Fsp3) is 0.500. The molecule has 1 atom stereocenters. The van der Waals surface area contributed by atoms with Crippen molar-refractivity contribution in [3.05, 3.63) is 35.1 Å². The highest BCUT2D eigenvalue weighted by Gasteiger charge is 2.17. The van der Waals surface area contributed by atoms with Crippen LogP contribution in [0.25, 0.3) is 0 Å². The van der Waals surface area contributed by atoms with Crippen LogP contribution in [0.2, 0.25) is 0 Å². The highest BCUT2D eigenvalue weighted by molar-refractivity contribution is 5.94. The number of rotatable bonds is 6. The summed E-state index contributed by atoms with van der Waals surface area (Å²) in [6.07, 6.45) is 2.61. The fourth-order valence-electron chi connectivity index (χ4n) is 2.44. The summed E-state index contributed by atoms with van der Waals surface area (Å²) in [5.41, 5.74) is 0.786. The summed E-state index contributed by atoms with van der Waals surface area (Å²) in [5, 5.41) is 8.69. The van der Waals surface area contributed by atoms with Crippen molar-refractivity contribution in [2.45, 2.75) is 32.2 Å². The number of benzene rings is 1. The number of aryl methyl sites for hydroxylation is 1. The molecule has 1 aromatic carbocycles. The minimum Gasteiger partial charge on any atom is -0.354 e. The maximum Gasteiger partial charge on any atom is 0.251 e. The van der Waals surface area contributed by atoms with Gasteiger partial charge in [0.25, 0.3) is 5.91 Å². The second-order valence-corrected chi connectivity index (χ2v) is 5.57. The van der Waals surface area contributed by atoms with Crippen molar-refractivity contribution in [1.82, 2.24) is 16.0 Å². The van der Waals surface area contributed by atoms with Crippen LogP contribution in [-0.4, -0.2) is 37.5 Å². The summed E-state index contributed by atoms with van der Waals surface area (Å²) in [7, 11) is 0. The van der Waals surface area contributed by atoms with Gasteiger partial charge in [0.15, 0.2) is 0 Å². The summed E-state index contributed by atoms with van der Waals surface area (Å²) < 4.78 is 13.4. The predicted molar refractivity (Wildman–Crippen MR) is 82.1 cm³/mol. The molecule has 1 aliphatic rings. The van der Waals surface area contributed by atoms with Crippen molar-refractivity contribution in [2.24, 2.45) is 0 Å². The first-order valence-corrected chi connectivity index (χ1v) is 7.60. The average Bonchev–Trinajstić information content (AvgIpc) is 2.99. The Bertz CT molecular complexity index is 542. The normalized spacial score (nSPS) is 17.3. The summed E-state index contributed by atoms with van der Waals surface area (Å²) in [4.78, 5) is 23.5. The van der Waals surface area contributed by atoms with E-state index in [1.54, 1.807) is 19.1 Å². The van der Waals surface area contributed by atoms with E-state index in [9.17, 15) is 14.0 Å². The molecule has 0 bridgehead atoms. The van der Waals surface area contributed by atoms with Crippen LogP contribution in [0.3, 0.4) is 0 Å². The van der Waals surface area contributed by atoms with E-state index in [-0.39, 0.29) is 23.4 Å². The van der Waals surface area contributed by atoms with Crippen molar-refractivity contribution in [3.63, 3.8) is 0 Å². The van der Waals surface area contributed by atoms with E-state index in [2.05, 4.69) is 16.0 Å². The van der Waals surface area contributed by atoms with Crippen molar-refractivity contribution >= 4 is 11.8 Å². The molecule has 6 heteroatoms. The number of hydrogen-bond donors (Lipinski definition) is 3. The molecule has 22 heavy (non-hydrogen) atoms. The van der Waals surface area contributed by atoms with E-state index in [0.717, 1.165) is 19.4 Å². The first-order valence-electron chi connectivity index (χ1n) is 7.60. The van der Waals surface area contributed by atoms with Crippen molar-refractivity contribution < 1.29 is 14.0 Å². The summed E-state index contributed by atoms with van der Waals surface area (Å²) in [6.45, 7) is 3.30. The van der Waals surface area contributed by atoms with Crippen LogP contribution < -0.4 is 16.0 Å². The monoisotopic (exact) mass is 307 g/mol. The molecule has 0 aliphatic carbocycles. The SMILES string of the molecule is Cc1ccc(C(=O)NCCNC(=O)CC2CCCN2)cc1F. The predicted octanol–water partition coefficient (Wildman–Crippen LogP) is 1.12. The number of nitrogens with one attached hydrogen (secondary N) is 3. The fourth-order valence-corrected chi connectivity index (χ4v) is 2.44. The first kappa shape index (κ1) is 16.4. The molecule has 0 saturated carbocycles. The Morgan fingerprint density at radius 2 is 2.09 bits per heavy atom. The third-order valence-electron chi connectivity index (χ3n) is 3.76.